The van der Waals surface area contributed by atoms with Crippen LogP contribution in [0.2, 0.25) is 0 Å². The molecule has 0 saturated heterocycles. The number of fused-ring (bicyclic) bond motifs is 2. The van der Waals surface area contributed by atoms with Crippen LogP contribution in [0.5, 0.6) is 5.75 Å². The van der Waals surface area contributed by atoms with Crippen molar-refractivity contribution < 1.29 is 23.1 Å². The topological polar surface area (TPSA) is 92.7 Å². The minimum absolute atomic E-state index is 0.184. The van der Waals surface area contributed by atoms with Crippen molar-refractivity contribution in [3.8, 4) is 5.75 Å². The van der Waals surface area contributed by atoms with Gasteiger partial charge >= 0.3 is 5.97 Å². The molecule has 0 radical (unpaired) electrons. The van der Waals surface area contributed by atoms with E-state index < -0.39 is 16.0 Å². The number of rotatable bonds is 11. The van der Waals surface area contributed by atoms with Gasteiger partial charge in [0.2, 0.25) is 10.0 Å². The first kappa shape index (κ1) is 22.6. The zero-order chi connectivity index (χ0) is 21.6. The molecule has 2 N–H and O–H groups in total. The van der Waals surface area contributed by atoms with Gasteiger partial charge in [-0.05, 0) is 79.5 Å². The molecule has 4 unspecified atom stereocenters. The van der Waals surface area contributed by atoms with Crippen molar-refractivity contribution in [2.24, 2.45) is 23.7 Å². The molecule has 7 heteroatoms. The predicted molar refractivity (Wildman–Crippen MR) is 117 cm³/mol. The number of hydrogen-bond acceptors (Lipinski definition) is 4. The summed E-state index contributed by atoms with van der Waals surface area (Å²) in [7, 11) is -1.95. The van der Waals surface area contributed by atoms with Crippen LogP contribution in [0, 0.1) is 23.7 Å². The summed E-state index contributed by atoms with van der Waals surface area (Å²) in [6.07, 6.45) is 11.0. The molecular weight excluding hydrogens is 402 g/mol. The van der Waals surface area contributed by atoms with Gasteiger partial charge in [0.1, 0.15) is 5.75 Å². The van der Waals surface area contributed by atoms with E-state index in [0.29, 0.717) is 42.4 Å². The summed E-state index contributed by atoms with van der Waals surface area (Å²) in [5, 5.41) is 9.95. The Kier molecular flexibility index (Phi) is 7.72. The number of nitrogens with one attached hydrogen (secondary N) is 1. The number of unbranched alkanes of at least 4 members (excludes halogenated alkanes) is 1. The van der Waals surface area contributed by atoms with E-state index in [0.717, 1.165) is 18.4 Å². The van der Waals surface area contributed by atoms with Crippen molar-refractivity contribution in [1.82, 2.24) is 4.72 Å². The van der Waals surface area contributed by atoms with Crippen LogP contribution >= 0.6 is 0 Å². The number of hydrogen-bond donors (Lipinski definition) is 2. The van der Waals surface area contributed by atoms with Crippen molar-refractivity contribution >= 4 is 22.1 Å². The van der Waals surface area contributed by atoms with E-state index in [4.69, 9.17) is 9.84 Å². The van der Waals surface area contributed by atoms with E-state index >= 15 is 0 Å². The Hall–Kier alpha value is -2.12. The SMILES string of the molecule is COc1cccc(/C=C/S(=O)(=O)NCC2C3CCC(C3)C2/C=C/CCCC(=O)O)c1. The lowest BCUT2D eigenvalue weighted by Gasteiger charge is -2.29. The number of allylic oxidation sites excluding steroid dienone is 2. The van der Waals surface area contributed by atoms with Crippen LogP contribution in [-0.2, 0) is 14.8 Å². The summed E-state index contributed by atoms with van der Waals surface area (Å²) < 4.78 is 32.9. The molecule has 2 saturated carbocycles. The number of carboxylic acid groups (broad SMARTS) is 1. The van der Waals surface area contributed by atoms with Gasteiger partial charge in [0.25, 0.3) is 0 Å². The van der Waals surface area contributed by atoms with Gasteiger partial charge in [0.15, 0.2) is 0 Å². The van der Waals surface area contributed by atoms with Crippen LogP contribution in [0.15, 0.2) is 41.8 Å². The average molecular weight is 434 g/mol. The van der Waals surface area contributed by atoms with Crippen LogP contribution in [-0.4, -0.2) is 33.1 Å². The van der Waals surface area contributed by atoms with Crippen molar-refractivity contribution in [3.05, 3.63) is 47.4 Å². The molecule has 4 atom stereocenters. The summed E-state index contributed by atoms with van der Waals surface area (Å²) in [6.45, 7) is 0.441. The molecule has 2 bridgehead atoms. The Morgan fingerprint density at radius 3 is 2.87 bits per heavy atom. The maximum absolute atomic E-state index is 12.5. The fourth-order valence-corrected chi connectivity index (χ4v) is 5.71. The smallest absolute Gasteiger partial charge is 0.303 e. The van der Waals surface area contributed by atoms with Crippen LogP contribution in [0.4, 0.5) is 0 Å². The van der Waals surface area contributed by atoms with Gasteiger partial charge in [-0.2, -0.15) is 0 Å². The second kappa shape index (κ2) is 10.3. The van der Waals surface area contributed by atoms with Crippen LogP contribution in [0.3, 0.4) is 0 Å². The molecule has 2 fully saturated rings. The van der Waals surface area contributed by atoms with Crippen molar-refractivity contribution in [2.45, 2.75) is 38.5 Å². The lowest BCUT2D eigenvalue weighted by molar-refractivity contribution is -0.137. The van der Waals surface area contributed by atoms with Gasteiger partial charge in [0.05, 0.1) is 7.11 Å². The summed E-state index contributed by atoms with van der Waals surface area (Å²) in [5.74, 6) is 1.78. The number of carbonyl (C=O) groups is 1. The number of sulfonamides is 1. The number of carboxylic acids is 1. The first-order valence-electron chi connectivity index (χ1n) is 10.6. The van der Waals surface area contributed by atoms with Crippen LogP contribution in [0.25, 0.3) is 6.08 Å². The minimum Gasteiger partial charge on any atom is -0.497 e. The van der Waals surface area contributed by atoms with E-state index in [9.17, 15) is 13.2 Å². The Morgan fingerprint density at radius 2 is 2.10 bits per heavy atom. The lowest BCUT2D eigenvalue weighted by atomic mass is 9.79. The predicted octanol–water partition coefficient (Wildman–Crippen LogP) is 4.06. The third-order valence-corrected chi connectivity index (χ3v) is 7.39. The molecule has 0 aliphatic heterocycles. The maximum atomic E-state index is 12.5. The fraction of sp³-hybridized carbons (Fsp3) is 0.522. The van der Waals surface area contributed by atoms with Gasteiger partial charge in [0, 0.05) is 18.4 Å². The normalized spacial score (nSPS) is 26.0. The number of benzene rings is 1. The quantitative estimate of drug-likeness (QED) is 0.406. The third-order valence-electron chi connectivity index (χ3n) is 6.33. The number of ether oxygens (including phenoxy) is 1. The second-order valence-electron chi connectivity index (χ2n) is 8.26. The monoisotopic (exact) mass is 433 g/mol. The molecule has 0 aromatic heterocycles. The maximum Gasteiger partial charge on any atom is 0.303 e. The molecule has 0 heterocycles. The Labute approximate surface area is 179 Å². The van der Waals surface area contributed by atoms with E-state index in [2.05, 4.69) is 16.9 Å². The molecule has 30 heavy (non-hydrogen) atoms. The molecule has 0 amide bonds. The van der Waals surface area contributed by atoms with Gasteiger partial charge < -0.3 is 9.84 Å². The van der Waals surface area contributed by atoms with E-state index in [1.54, 1.807) is 19.3 Å². The highest BCUT2D eigenvalue weighted by Crippen LogP contribution is 2.52. The molecular formula is C23H31NO5S. The second-order valence-corrected chi connectivity index (χ2v) is 9.91. The lowest BCUT2D eigenvalue weighted by Crippen LogP contribution is -2.34. The molecule has 164 valence electrons. The zero-order valence-corrected chi connectivity index (χ0v) is 18.2. The van der Waals surface area contributed by atoms with E-state index in [-0.39, 0.29) is 6.42 Å². The molecule has 1 aromatic rings. The Balaban J connectivity index is 1.56. The van der Waals surface area contributed by atoms with Crippen LogP contribution in [0.1, 0.15) is 44.1 Å². The largest absolute Gasteiger partial charge is 0.497 e. The molecule has 1 aromatic carbocycles. The molecule has 6 nitrogen and oxygen atoms in total. The minimum atomic E-state index is -3.53. The summed E-state index contributed by atoms with van der Waals surface area (Å²) in [4.78, 5) is 10.6. The summed E-state index contributed by atoms with van der Waals surface area (Å²) in [5.41, 5.74) is 0.766. The molecule has 2 aliphatic carbocycles. The molecule has 2 aliphatic rings. The standard InChI is InChI=1S/C23H31NO5S/c1-29-20-7-5-6-17(14-20)12-13-30(27,28)24-16-22-19-11-10-18(15-19)21(22)8-3-2-4-9-23(25)26/h3,5-8,12-14,18-19,21-22,24H,2,4,9-11,15-16H2,1H3,(H,25,26)/b8-3+,13-12+. The Morgan fingerprint density at radius 1 is 1.30 bits per heavy atom. The zero-order valence-electron chi connectivity index (χ0n) is 17.4. The number of methoxy groups -OCH3 is 1. The highest BCUT2D eigenvalue weighted by atomic mass is 32.2. The van der Waals surface area contributed by atoms with E-state index in [1.807, 2.05) is 18.2 Å². The van der Waals surface area contributed by atoms with Gasteiger partial charge in [-0.25, -0.2) is 13.1 Å². The Bertz CT molecular complexity index is 893. The van der Waals surface area contributed by atoms with E-state index in [1.165, 1.54) is 18.2 Å². The highest BCUT2D eigenvalue weighted by molar-refractivity contribution is 7.92. The van der Waals surface area contributed by atoms with Crippen molar-refractivity contribution in [3.63, 3.8) is 0 Å². The van der Waals surface area contributed by atoms with Crippen LogP contribution < -0.4 is 9.46 Å². The summed E-state index contributed by atoms with van der Waals surface area (Å²) >= 11 is 0. The highest BCUT2D eigenvalue weighted by Gasteiger charge is 2.46. The van der Waals surface area contributed by atoms with Gasteiger partial charge in [-0.3, -0.25) is 4.79 Å². The van der Waals surface area contributed by atoms with Gasteiger partial charge in [-0.1, -0.05) is 24.3 Å². The molecule has 0 spiro atoms. The average Bonchev–Trinajstić information content (AvgIpc) is 3.32. The summed E-state index contributed by atoms with van der Waals surface area (Å²) in [6, 6.07) is 7.25. The molecule has 3 rings (SSSR count). The number of aliphatic carboxylic acids is 1. The third kappa shape index (κ3) is 6.19. The fourth-order valence-electron chi connectivity index (χ4n) is 4.86. The first-order chi connectivity index (χ1) is 14.4. The van der Waals surface area contributed by atoms with Crippen molar-refractivity contribution in [2.75, 3.05) is 13.7 Å². The van der Waals surface area contributed by atoms with Crippen molar-refractivity contribution in [1.29, 1.82) is 0 Å². The van der Waals surface area contributed by atoms with Gasteiger partial charge in [-0.15, -0.1) is 0 Å². The first-order valence-corrected chi connectivity index (χ1v) is 12.1.